The number of hydrogen-bond donors (Lipinski definition) is 1. The van der Waals surface area contributed by atoms with Crippen LogP contribution in [0, 0.1) is 5.41 Å². The largest absolute Gasteiger partial charge is 0.392 e. The Morgan fingerprint density at radius 1 is 1.44 bits per heavy atom. The van der Waals surface area contributed by atoms with Crippen molar-refractivity contribution in [2.75, 3.05) is 11.9 Å². The molecule has 0 spiro atoms. The Morgan fingerprint density at radius 3 is 2.61 bits per heavy atom. The summed E-state index contributed by atoms with van der Waals surface area (Å²) in [6.45, 7) is 0. The summed E-state index contributed by atoms with van der Waals surface area (Å²) in [7, 11) is 1.73. The van der Waals surface area contributed by atoms with E-state index in [9.17, 15) is 4.79 Å². The van der Waals surface area contributed by atoms with E-state index in [4.69, 9.17) is 18.0 Å². The molecule has 96 valence electrons. The number of nitrogens with two attached hydrogens (primary N) is 1. The zero-order chi connectivity index (χ0) is 13.2. The highest BCUT2D eigenvalue weighted by atomic mass is 32.1. The maximum atomic E-state index is 12.6. The second-order valence-corrected chi connectivity index (χ2v) is 5.15. The van der Waals surface area contributed by atoms with E-state index in [2.05, 4.69) is 4.98 Å². The van der Waals surface area contributed by atoms with Crippen LogP contribution in [0.4, 0.5) is 5.82 Å². The van der Waals surface area contributed by atoms with Crippen LogP contribution in [0.1, 0.15) is 25.7 Å². The van der Waals surface area contributed by atoms with Gasteiger partial charge in [-0.2, -0.15) is 0 Å². The molecule has 18 heavy (non-hydrogen) atoms. The van der Waals surface area contributed by atoms with Gasteiger partial charge < -0.3 is 5.73 Å². The van der Waals surface area contributed by atoms with Crippen molar-refractivity contribution in [2.45, 2.75) is 25.7 Å². The smallest absolute Gasteiger partial charge is 0.240 e. The van der Waals surface area contributed by atoms with Gasteiger partial charge in [0.15, 0.2) is 0 Å². The number of carbonyl (C=O) groups is 1. The minimum absolute atomic E-state index is 0.0359. The van der Waals surface area contributed by atoms with Crippen molar-refractivity contribution in [2.24, 2.45) is 11.1 Å². The molecule has 1 aliphatic rings. The van der Waals surface area contributed by atoms with E-state index in [0.29, 0.717) is 10.8 Å². The van der Waals surface area contributed by atoms with Crippen molar-refractivity contribution in [3.8, 4) is 0 Å². The van der Waals surface area contributed by atoms with Crippen molar-refractivity contribution in [3.05, 3.63) is 24.4 Å². The van der Waals surface area contributed by atoms with Crippen molar-refractivity contribution in [1.82, 2.24) is 4.98 Å². The minimum Gasteiger partial charge on any atom is -0.392 e. The van der Waals surface area contributed by atoms with Gasteiger partial charge in [0.25, 0.3) is 0 Å². The number of pyridine rings is 1. The monoisotopic (exact) mass is 263 g/mol. The highest BCUT2D eigenvalue weighted by molar-refractivity contribution is 7.80. The molecule has 0 aliphatic heterocycles. The molecule has 1 amide bonds. The molecule has 0 aromatic carbocycles. The van der Waals surface area contributed by atoms with Crippen LogP contribution in [0.15, 0.2) is 24.4 Å². The number of hydrogen-bond acceptors (Lipinski definition) is 3. The SMILES string of the molecule is CN(C(=O)C1(C(N)=S)CCCC1)c1ccccn1. The average molecular weight is 263 g/mol. The van der Waals surface area contributed by atoms with Crippen LogP contribution in [0.2, 0.25) is 0 Å². The Balaban J connectivity index is 2.27. The predicted octanol–water partition coefficient (Wildman–Crippen LogP) is 1.89. The lowest BCUT2D eigenvalue weighted by atomic mass is 9.84. The molecule has 1 aliphatic carbocycles. The fourth-order valence-electron chi connectivity index (χ4n) is 2.52. The summed E-state index contributed by atoms with van der Waals surface area (Å²) in [6.07, 6.45) is 5.16. The second kappa shape index (κ2) is 5.02. The number of anilines is 1. The first-order chi connectivity index (χ1) is 8.58. The van der Waals surface area contributed by atoms with Crippen LogP contribution in [-0.2, 0) is 4.79 Å². The summed E-state index contributed by atoms with van der Waals surface area (Å²) in [4.78, 5) is 18.7. The summed E-state index contributed by atoms with van der Waals surface area (Å²) in [5, 5.41) is 0. The summed E-state index contributed by atoms with van der Waals surface area (Å²) in [5.74, 6) is 0.594. The standard InChI is InChI=1S/C13H17N3OS/c1-16(10-6-2-5-9-15-10)12(17)13(11(14)18)7-3-4-8-13/h2,5-6,9H,3-4,7-8H2,1H3,(H2,14,18). The fraction of sp³-hybridized carbons (Fsp3) is 0.462. The Hall–Kier alpha value is -1.49. The lowest BCUT2D eigenvalue weighted by molar-refractivity contribution is -0.124. The molecule has 0 unspecified atom stereocenters. The Bertz CT molecular complexity index is 455. The number of aromatic nitrogens is 1. The quantitative estimate of drug-likeness (QED) is 0.846. The Morgan fingerprint density at radius 2 is 2.11 bits per heavy atom. The van der Waals surface area contributed by atoms with Crippen molar-refractivity contribution in [1.29, 1.82) is 0 Å². The summed E-state index contributed by atoms with van der Waals surface area (Å²) in [6, 6.07) is 5.48. The van der Waals surface area contributed by atoms with Crippen LogP contribution in [-0.4, -0.2) is 22.9 Å². The number of nitrogens with zero attached hydrogens (tertiary/aromatic N) is 2. The molecule has 1 aromatic heterocycles. The fourth-order valence-corrected chi connectivity index (χ4v) is 2.81. The van der Waals surface area contributed by atoms with E-state index in [-0.39, 0.29) is 5.91 Å². The first-order valence-electron chi connectivity index (χ1n) is 6.07. The van der Waals surface area contributed by atoms with E-state index in [1.165, 1.54) is 0 Å². The molecule has 2 rings (SSSR count). The van der Waals surface area contributed by atoms with Crippen molar-refractivity contribution in [3.63, 3.8) is 0 Å². The van der Waals surface area contributed by atoms with Crippen LogP contribution in [0.5, 0.6) is 0 Å². The van der Waals surface area contributed by atoms with Gasteiger partial charge in [-0.25, -0.2) is 4.98 Å². The van der Waals surface area contributed by atoms with Gasteiger partial charge in [-0.15, -0.1) is 0 Å². The molecule has 4 nitrogen and oxygen atoms in total. The zero-order valence-corrected chi connectivity index (χ0v) is 11.2. The maximum Gasteiger partial charge on any atom is 0.240 e. The van der Waals surface area contributed by atoms with E-state index >= 15 is 0 Å². The molecule has 1 heterocycles. The summed E-state index contributed by atoms with van der Waals surface area (Å²) in [5.41, 5.74) is 5.15. The maximum absolute atomic E-state index is 12.6. The second-order valence-electron chi connectivity index (χ2n) is 4.71. The zero-order valence-electron chi connectivity index (χ0n) is 10.4. The first kappa shape index (κ1) is 13.0. The third kappa shape index (κ3) is 2.10. The Labute approximate surface area is 112 Å². The summed E-state index contributed by atoms with van der Waals surface area (Å²) >= 11 is 5.12. The van der Waals surface area contributed by atoms with Crippen LogP contribution >= 0.6 is 12.2 Å². The molecule has 1 aromatic rings. The molecule has 0 atom stereocenters. The number of amides is 1. The van der Waals surface area contributed by atoms with Gasteiger partial charge in [0.2, 0.25) is 5.91 Å². The normalized spacial score (nSPS) is 17.4. The highest BCUT2D eigenvalue weighted by Gasteiger charge is 2.45. The lowest BCUT2D eigenvalue weighted by Crippen LogP contribution is -2.48. The van der Waals surface area contributed by atoms with Gasteiger partial charge in [0.05, 0.1) is 10.4 Å². The van der Waals surface area contributed by atoms with Crippen molar-refractivity contribution >= 4 is 28.9 Å². The van der Waals surface area contributed by atoms with Gasteiger partial charge in [-0.3, -0.25) is 9.69 Å². The lowest BCUT2D eigenvalue weighted by Gasteiger charge is -2.30. The average Bonchev–Trinajstić information content (AvgIpc) is 2.88. The van der Waals surface area contributed by atoms with Crippen molar-refractivity contribution < 1.29 is 4.79 Å². The molecule has 1 fully saturated rings. The van der Waals surface area contributed by atoms with Gasteiger partial charge >= 0.3 is 0 Å². The molecule has 1 saturated carbocycles. The Kier molecular flexibility index (Phi) is 3.61. The molecular formula is C13H17N3OS. The van der Waals surface area contributed by atoms with Crippen LogP contribution < -0.4 is 10.6 Å². The van der Waals surface area contributed by atoms with Crippen LogP contribution in [0.25, 0.3) is 0 Å². The van der Waals surface area contributed by atoms with E-state index < -0.39 is 5.41 Å². The molecule has 5 heteroatoms. The number of rotatable bonds is 3. The topological polar surface area (TPSA) is 59.2 Å². The van der Waals surface area contributed by atoms with Crippen LogP contribution in [0.3, 0.4) is 0 Å². The number of carbonyl (C=O) groups excluding carboxylic acids is 1. The molecule has 2 N–H and O–H groups in total. The van der Waals surface area contributed by atoms with E-state index in [1.54, 1.807) is 24.2 Å². The highest BCUT2D eigenvalue weighted by Crippen LogP contribution is 2.40. The number of thiocarbonyl (C=S) groups is 1. The first-order valence-corrected chi connectivity index (χ1v) is 6.48. The summed E-state index contributed by atoms with van der Waals surface area (Å²) < 4.78 is 0. The van der Waals surface area contributed by atoms with Gasteiger partial charge in [0.1, 0.15) is 5.82 Å². The van der Waals surface area contributed by atoms with Gasteiger partial charge in [-0.05, 0) is 25.0 Å². The van der Waals surface area contributed by atoms with Gasteiger partial charge in [0, 0.05) is 13.2 Å². The molecule has 0 saturated heterocycles. The van der Waals surface area contributed by atoms with E-state index in [1.807, 2.05) is 12.1 Å². The molecule has 0 bridgehead atoms. The third-order valence-electron chi connectivity index (χ3n) is 3.64. The van der Waals surface area contributed by atoms with Gasteiger partial charge in [-0.1, -0.05) is 31.1 Å². The molecule has 0 radical (unpaired) electrons. The van der Waals surface area contributed by atoms with E-state index in [0.717, 1.165) is 25.7 Å². The third-order valence-corrected chi connectivity index (χ3v) is 4.03. The minimum atomic E-state index is -0.665. The molecular weight excluding hydrogens is 246 g/mol. The predicted molar refractivity (Wildman–Crippen MR) is 75.3 cm³/mol.